The highest BCUT2D eigenvalue weighted by Gasteiger charge is 2.14. The lowest BCUT2D eigenvalue weighted by atomic mass is 10.3. The van der Waals surface area contributed by atoms with Crippen LogP contribution in [0.3, 0.4) is 0 Å². The summed E-state index contributed by atoms with van der Waals surface area (Å²) in [4.78, 5) is 10.7. The molecular weight excluding hydrogens is 218 g/mol. The van der Waals surface area contributed by atoms with Gasteiger partial charge in [0.2, 0.25) is 0 Å². The molecule has 0 aliphatic carbocycles. The number of anilines is 1. The molecule has 2 aromatic rings. The third-order valence-corrected chi connectivity index (χ3v) is 2.04. The smallest absolute Gasteiger partial charge is 0.341 e. The maximum absolute atomic E-state index is 10.7. The molecule has 0 aliphatic rings. The van der Waals surface area contributed by atoms with Gasteiger partial charge < -0.3 is 10.8 Å². The van der Waals surface area contributed by atoms with E-state index >= 15 is 0 Å². The van der Waals surface area contributed by atoms with Gasteiger partial charge in [0.15, 0.2) is 0 Å². The fourth-order valence-corrected chi connectivity index (χ4v) is 1.30. The maximum Gasteiger partial charge on any atom is 0.341 e. The molecule has 5 nitrogen and oxygen atoms in total. The lowest BCUT2D eigenvalue weighted by Gasteiger charge is -2.02. The van der Waals surface area contributed by atoms with Crippen molar-refractivity contribution in [2.45, 2.75) is 13.8 Å². The Balaban J connectivity index is 0.000000686. The topological polar surface area (TPSA) is 81.1 Å². The van der Waals surface area contributed by atoms with Crippen molar-refractivity contribution in [3.63, 3.8) is 0 Å². The van der Waals surface area contributed by atoms with Crippen LogP contribution in [0.2, 0.25) is 0 Å². The number of benzene rings is 1. The molecule has 90 valence electrons. The minimum absolute atomic E-state index is 0.0128. The summed E-state index contributed by atoms with van der Waals surface area (Å²) >= 11 is 0. The molecule has 0 spiro atoms. The molecule has 0 saturated heterocycles. The van der Waals surface area contributed by atoms with Gasteiger partial charge in [0.25, 0.3) is 0 Å². The van der Waals surface area contributed by atoms with Gasteiger partial charge in [-0.3, -0.25) is 0 Å². The van der Waals surface area contributed by atoms with Gasteiger partial charge in [0.05, 0.1) is 11.9 Å². The number of aromatic nitrogens is 2. The van der Waals surface area contributed by atoms with E-state index in [4.69, 9.17) is 10.8 Å². The molecule has 1 aromatic heterocycles. The van der Waals surface area contributed by atoms with Crippen molar-refractivity contribution >= 4 is 11.8 Å². The Hall–Kier alpha value is -2.30. The Morgan fingerprint density at radius 2 is 1.88 bits per heavy atom. The number of carbonyl (C=O) groups is 1. The van der Waals surface area contributed by atoms with Gasteiger partial charge in [0, 0.05) is 0 Å². The van der Waals surface area contributed by atoms with Crippen LogP contribution in [0.5, 0.6) is 0 Å². The summed E-state index contributed by atoms with van der Waals surface area (Å²) in [7, 11) is 0. The minimum Gasteiger partial charge on any atom is -0.477 e. The number of carboxylic acid groups (broad SMARTS) is 1. The van der Waals surface area contributed by atoms with E-state index in [1.807, 2.05) is 32.0 Å². The molecule has 1 aromatic carbocycles. The van der Waals surface area contributed by atoms with E-state index in [2.05, 4.69) is 5.10 Å². The lowest BCUT2D eigenvalue weighted by Crippen LogP contribution is -2.05. The standard InChI is InChI=1S/C10H9N3O2.C2H6/c11-9-8(10(14)15)6-12-13(9)7-4-2-1-3-5-7;1-2/h1-6H,11H2,(H,14,15);1-2H3. The summed E-state index contributed by atoms with van der Waals surface area (Å²) in [6.07, 6.45) is 1.24. The van der Waals surface area contributed by atoms with Crippen molar-refractivity contribution in [2.24, 2.45) is 0 Å². The quantitative estimate of drug-likeness (QED) is 0.833. The third kappa shape index (κ3) is 2.63. The van der Waals surface area contributed by atoms with Crippen molar-refractivity contribution in [1.82, 2.24) is 9.78 Å². The molecule has 3 N–H and O–H groups in total. The SMILES string of the molecule is CC.Nc1c(C(=O)O)cnn1-c1ccccc1. The number of nitrogen functional groups attached to an aromatic ring is 1. The van der Waals surface area contributed by atoms with Crippen molar-refractivity contribution in [1.29, 1.82) is 0 Å². The Morgan fingerprint density at radius 3 is 2.35 bits per heavy atom. The molecule has 0 radical (unpaired) electrons. The van der Waals surface area contributed by atoms with Crippen LogP contribution in [0.25, 0.3) is 5.69 Å². The number of carboxylic acids is 1. The monoisotopic (exact) mass is 233 g/mol. The van der Waals surface area contributed by atoms with Crippen LogP contribution in [0.4, 0.5) is 5.82 Å². The Kier molecular flexibility index (Phi) is 4.28. The first kappa shape index (κ1) is 12.8. The van der Waals surface area contributed by atoms with Crippen LogP contribution in [-0.4, -0.2) is 20.9 Å². The summed E-state index contributed by atoms with van der Waals surface area (Å²) < 4.78 is 1.39. The average molecular weight is 233 g/mol. The summed E-state index contributed by atoms with van der Waals surface area (Å²) in [5.74, 6) is -0.941. The average Bonchev–Trinajstić information content (AvgIpc) is 2.75. The van der Waals surface area contributed by atoms with Gasteiger partial charge in [-0.25, -0.2) is 9.48 Å². The van der Waals surface area contributed by atoms with Crippen molar-refractivity contribution in [3.8, 4) is 5.69 Å². The van der Waals surface area contributed by atoms with E-state index in [0.717, 1.165) is 5.69 Å². The first-order valence-corrected chi connectivity index (χ1v) is 5.32. The highest BCUT2D eigenvalue weighted by atomic mass is 16.4. The summed E-state index contributed by atoms with van der Waals surface area (Å²) in [5, 5.41) is 12.7. The van der Waals surface area contributed by atoms with E-state index < -0.39 is 5.97 Å². The molecule has 1 heterocycles. The van der Waals surface area contributed by atoms with E-state index in [0.29, 0.717) is 0 Å². The summed E-state index contributed by atoms with van der Waals surface area (Å²) in [5.41, 5.74) is 6.41. The molecule has 0 fully saturated rings. The minimum atomic E-state index is -1.07. The van der Waals surface area contributed by atoms with Gasteiger partial charge in [0.1, 0.15) is 11.4 Å². The number of hydrogen-bond acceptors (Lipinski definition) is 3. The molecule has 0 aliphatic heterocycles. The normalized spacial score (nSPS) is 9.29. The molecule has 0 saturated carbocycles. The highest BCUT2D eigenvalue weighted by Crippen LogP contribution is 2.16. The lowest BCUT2D eigenvalue weighted by molar-refractivity contribution is 0.0698. The molecular formula is C12H15N3O2. The van der Waals surface area contributed by atoms with Crippen molar-refractivity contribution in [3.05, 3.63) is 42.1 Å². The Bertz CT molecular complexity index is 492. The second-order valence-electron chi connectivity index (χ2n) is 3.00. The summed E-state index contributed by atoms with van der Waals surface area (Å²) in [6.45, 7) is 4.00. The fourth-order valence-electron chi connectivity index (χ4n) is 1.30. The highest BCUT2D eigenvalue weighted by molar-refractivity contribution is 5.92. The number of nitrogens with two attached hydrogens (primary N) is 1. The first-order chi connectivity index (χ1) is 8.20. The van der Waals surface area contributed by atoms with E-state index in [9.17, 15) is 4.79 Å². The molecule has 0 atom stereocenters. The van der Waals surface area contributed by atoms with Crippen LogP contribution >= 0.6 is 0 Å². The number of nitrogens with zero attached hydrogens (tertiary/aromatic N) is 2. The van der Waals surface area contributed by atoms with Crippen LogP contribution < -0.4 is 5.73 Å². The van der Waals surface area contributed by atoms with Crippen molar-refractivity contribution in [2.75, 3.05) is 5.73 Å². The first-order valence-electron chi connectivity index (χ1n) is 5.32. The predicted octanol–water partition coefficient (Wildman–Crippen LogP) is 2.18. The third-order valence-electron chi connectivity index (χ3n) is 2.04. The van der Waals surface area contributed by atoms with Gasteiger partial charge in [-0.2, -0.15) is 5.10 Å². The van der Waals surface area contributed by atoms with E-state index in [-0.39, 0.29) is 11.4 Å². The molecule has 0 amide bonds. The fraction of sp³-hybridized carbons (Fsp3) is 0.167. The molecule has 2 rings (SSSR count). The van der Waals surface area contributed by atoms with E-state index in [1.165, 1.54) is 10.9 Å². The van der Waals surface area contributed by atoms with Gasteiger partial charge in [-0.1, -0.05) is 32.0 Å². The van der Waals surface area contributed by atoms with Crippen molar-refractivity contribution < 1.29 is 9.90 Å². The molecule has 0 unspecified atom stereocenters. The largest absolute Gasteiger partial charge is 0.477 e. The zero-order chi connectivity index (χ0) is 12.8. The maximum atomic E-state index is 10.7. The number of aromatic carboxylic acids is 1. The Labute approximate surface area is 99.5 Å². The van der Waals surface area contributed by atoms with Gasteiger partial charge in [-0.15, -0.1) is 0 Å². The molecule has 17 heavy (non-hydrogen) atoms. The van der Waals surface area contributed by atoms with Gasteiger partial charge >= 0.3 is 5.97 Å². The molecule has 5 heteroatoms. The zero-order valence-corrected chi connectivity index (χ0v) is 9.79. The second kappa shape index (κ2) is 5.69. The number of hydrogen-bond donors (Lipinski definition) is 2. The number of rotatable bonds is 2. The Morgan fingerprint density at radius 1 is 1.29 bits per heavy atom. The van der Waals surface area contributed by atoms with Crippen LogP contribution in [0, 0.1) is 0 Å². The second-order valence-corrected chi connectivity index (χ2v) is 3.00. The van der Waals surface area contributed by atoms with Crippen LogP contribution in [-0.2, 0) is 0 Å². The van der Waals surface area contributed by atoms with Crippen LogP contribution in [0.15, 0.2) is 36.5 Å². The summed E-state index contributed by atoms with van der Waals surface area (Å²) in [6, 6.07) is 9.12. The van der Waals surface area contributed by atoms with Gasteiger partial charge in [-0.05, 0) is 12.1 Å². The van der Waals surface area contributed by atoms with Crippen LogP contribution in [0.1, 0.15) is 24.2 Å². The van der Waals surface area contributed by atoms with E-state index in [1.54, 1.807) is 12.1 Å². The predicted molar refractivity (Wildman–Crippen MR) is 66.3 cm³/mol. The molecule has 0 bridgehead atoms. The zero-order valence-electron chi connectivity index (χ0n) is 9.79. The number of para-hydroxylation sites is 1.